The first kappa shape index (κ1) is 14.8. The van der Waals surface area contributed by atoms with Gasteiger partial charge in [-0.05, 0) is 35.1 Å². The van der Waals surface area contributed by atoms with Crippen LogP contribution in [0.15, 0.2) is 42.5 Å². The number of Topliss-reactive ketones (excluding diaryl/α,β-unsaturated/α-hetero) is 1. The van der Waals surface area contributed by atoms with Crippen molar-refractivity contribution in [3.8, 4) is 5.75 Å². The van der Waals surface area contributed by atoms with E-state index in [1.807, 2.05) is 30.3 Å². The number of hydrogen-bond donors (Lipinski definition) is 1. The van der Waals surface area contributed by atoms with E-state index in [4.69, 9.17) is 9.39 Å². The van der Waals surface area contributed by atoms with E-state index in [0.717, 1.165) is 16.6 Å². The van der Waals surface area contributed by atoms with Gasteiger partial charge in [0.25, 0.3) is 0 Å². The first-order valence-electron chi connectivity index (χ1n) is 7.26. The molecule has 1 aliphatic rings. The van der Waals surface area contributed by atoms with Crippen LogP contribution in [0.5, 0.6) is 5.75 Å². The number of rotatable bonds is 5. The molecule has 0 saturated carbocycles. The summed E-state index contributed by atoms with van der Waals surface area (Å²) in [4.78, 5) is 12.3. The van der Waals surface area contributed by atoms with E-state index >= 15 is 0 Å². The Bertz CT molecular complexity index is 699. The third-order valence-corrected chi connectivity index (χ3v) is 3.91. The lowest BCUT2D eigenvalue weighted by Crippen LogP contribution is -2.28. The molecular formula is C17H17BO4. The predicted octanol–water partition coefficient (Wildman–Crippen LogP) is 1.73. The van der Waals surface area contributed by atoms with Crippen molar-refractivity contribution in [2.45, 2.75) is 19.4 Å². The number of aryl methyl sites for hydroxylation is 1. The normalized spacial score (nSPS) is 13.1. The SMILES string of the molecule is COc1cccc(C(=O)CCc2ccc3c(c2)B(O)OC3)c1. The minimum Gasteiger partial charge on any atom is -0.497 e. The number of methoxy groups -OCH3 is 1. The largest absolute Gasteiger partial charge is 0.497 e. The van der Waals surface area contributed by atoms with Crippen LogP contribution in [-0.2, 0) is 17.7 Å². The van der Waals surface area contributed by atoms with Crippen LogP contribution in [0.3, 0.4) is 0 Å². The summed E-state index contributed by atoms with van der Waals surface area (Å²) in [6, 6.07) is 13.0. The summed E-state index contributed by atoms with van der Waals surface area (Å²) in [6.45, 7) is 0.444. The van der Waals surface area contributed by atoms with E-state index in [0.29, 0.717) is 30.8 Å². The van der Waals surface area contributed by atoms with Gasteiger partial charge in [-0.1, -0.05) is 30.3 Å². The molecular weight excluding hydrogens is 279 g/mol. The van der Waals surface area contributed by atoms with Gasteiger partial charge >= 0.3 is 7.12 Å². The van der Waals surface area contributed by atoms with Crippen LogP contribution in [0, 0.1) is 0 Å². The second-order valence-electron chi connectivity index (χ2n) is 5.35. The maximum atomic E-state index is 12.3. The second kappa shape index (κ2) is 6.34. The van der Waals surface area contributed by atoms with E-state index in [1.54, 1.807) is 19.2 Å². The topological polar surface area (TPSA) is 55.8 Å². The van der Waals surface area contributed by atoms with Gasteiger partial charge in [-0.15, -0.1) is 0 Å². The Labute approximate surface area is 129 Å². The lowest BCUT2D eigenvalue weighted by Gasteiger charge is -2.06. The van der Waals surface area contributed by atoms with Crippen molar-refractivity contribution in [2.24, 2.45) is 0 Å². The van der Waals surface area contributed by atoms with E-state index in [9.17, 15) is 9.82 Å². The Kier molecular flexibility index (Phi) is 4.27. The lowest BCUT2D eigenvalue weighted by molar-refractivity contribution is 0.0982. The third-order valence-electron chi connectivity index (χ3n) is 3.91. The van der Waals surface area contributed by atoms with Crippen molar-refractivity contribution in [2.75, 3.05) is 7.11 Å². The van der Waals surface area contributed by atoms with Crippen molar-refractivity contribution >= 4 is 18.4 Å². The first-order chi connectivity index (χ1) is 10.7. The molecule has 1 aliphatic heterocycles. The molecule has 1 heterocycles. The number of carbonyl (C=O) groups excluding carboxylic acids is 1. The summed E-state index contributed by atoms with van der Waals surface area (Å²) in [5.41, 5.74) is 3.50. The van der Waals surface area contributed by atoms with Crippen molar-refractivity contribution in [3.05, 3.63) is 59.2 Å². The molecule has 0 atom stereocenters. The van der Waals surface area contributed by atoms with Crippen LogP contribution in [0.1, 0.15) is 27.9 Å². The lowest BCUT2D eigenvalue weighted by atomic mass is 9.78. The van der Waals surface area contributed by atoms with Crippen LogP contribution in [-0.4, -0.2) is 25.0 Å². The zero-order valence-corrected chi connectivity index (χ0v) is 12.4. The average Bonchev–Trinajstić information content (AvgIpc) is 2.93. The highest BCUT2D eigenvalue weighted by molar-refractivity contribution is 6.61. The Balaban J connectivity index is 1.67. The number of fused-ring (bicyclic) bond motifs is 1. The molecule has 0 bridgehead atoms. The van der Waals surface area contributed by atoms with Crippen molar-refractivity contribution in [3.63, 3.8) is 0 Å². The van der Waals surface area contributed by atoms with E-state index in [2.05, 4.69) is 0 Å². The van der Waals surface area contributed by atoms with Crippen molar-refractivity contribution < 1.29 is 19.2 Å². The van der Waals surface area contributed by atoms with Crippen LogP contribution in [0.2, 0.25) is 0 Å². The van der Waals surface area contributed by atoms with Gasteiger partial charge in [0.05, 0.1) is 13.7 Å². The van der Waals surface area contributed by atoms with Gasteiger partial charge < -0.3 is 14.4 Å². The fraction of sp³-hybridized carbons (Fsp3) is 0.235. The summed E-state index contributed by atoms with van der Waals surface area (Å²) < 4.78 is 10.3. The molecule has 4 nitrogen and oxygen atoms in total. The highest BCUT2D eigenvalue weighted by Crippen LogP contribution is 2.16. The molecule has 112 valence electrons. The van der Waals surface area contributed by atoms with Crippen LogP contribution < -0.4 is 10.2 Å². The minimum absolute atomic E-state index is 0.0798. The van der Waals surface area contributed by atoms with Gasteiger partial charge in [0.1, 0.15) is 5.75 Å². The van der Waals surface area contributed by atoms with E-state index < -0.39 is 7.12 Å². The fourth-order valence-electron chi connectivity index (χ4n) is 2.62. The smallest absolute Gasteiger partial charge is 0.491 e. The first-order valence-corrected chi connectivity index (χ1v) is 7.26. The van der Waals surface area contributed by atoms with Crippen LogP contribution in [0.4, 0.5) is 0 Å². The number of carbonyl (C=O) groups is 1. The highest BCUT2D eigenvalue weighted by atomic mass is 16.5. The van der Waals surface area contributed by atoms with Gasteiger partial charge in [0, 0.05) is 12.0 Å². The molecule has 1 N–H and O–H groups in total. The van der Waals surface area contributed by atoms with Crippen LogP contribution >= 0.6 is 0 Å². The number of hydrogen-bond acceptors (Lipinski definition) is 4. The maximum absolute atomic E-state index is 12.3. The Morgan fingerprint density at radius 2 is 2.18 bits per heavy atom. The second-order valence-corrected chi connectivity index (χ2v) is 5.35. The predicted molar refractivity (Wildman–Crippen MR) is 84.5 cm³/mol. The molecule has 0 fully saturated rings. The number of ether oxygens (including phenoxy) is 1. The van der Waals surface area contributed by atoms with Gasteiger partial charge in [0.15, 0.2) is 5.78 Å². The minimum atomic E-state index is -0.843. The molecule has 22 heavy (non-hydrogen) atoms. The van der Waals surface area contributed by atoms with E-state index in [1.165, 1.54) is 0 Å². The highest BCUT2D eigenvalue weighted by Gasteiger charge is 2.27. The zero-order valence-electron chi connectivity index (χ0n) is 12.4. The molecule has 0 amide bonds. The molecule has 3 rings (SSSR count). The molecule has 0 spiro atoms. The molecule has 0 unspecified atom stereocenters. The standard InChI is InChI=1S/C17H17BO4/c1-21-15-4-2-3-13(10-15)17(19)8-6-12-5-7-14-11-22-18(20)16(14)9-12/h2-5,7,9-10,20H,6,8,11H2,1H3. The molecule has 0 radical (unpaired) electrons. The molecule has 2 aromatic rings. The summed E-state index contributed by atoms with van der Waals surface area (Å²) in [7, 11) is 0.741. The van der Waals surface area contributed by atoms with Crippen molar-refractivity contribution in [1.82, 2.24) is 0 Å². The monoisotopic (exact) mass is 296 g/mol. The fourth-order valence-corrected chi connectivity index (χ4v) is 2.62. The average molecular weight is 296 g/mol. The Hall–Kier alpha value is -2.11. The molecule has 5 heteroatoms. The van der Waals surface area contributed by atoms with Crippen LogP contribution in [0.25, 0.3) is 0 Å². The molecule has 0 saturated heterocycles. The maximum Gasteiger partial charge on any atom is 0.491 e. The summed E-state index contributed by atoms with van der Waals surface area (Å²) in [5.74, 6) is 0.764. The summed E-state index contributed by atoms with van der Waals surface area (Å²) in [6.07, 6.45) is 1.05. The summed E-state index contributed by atoms with van der Waals surface area (Å²) >= 11 is 0. The van der Waals surface area contributed by atoms with Gasteiger partial charge in [0.2, 0.25) is 0 Å². The molecule has 0 aromatic heterocycles. The third kappa shape index (κ3) is 3.05. The van der Waals surface area contributed by atoms with Gasteiger partial charge in [-0.25, -0.2) is 0 Å². The molecule has 0 aliphatic carbocycles. The number of ketones is 1. The summed E-state index contributed by atoms with van der Waals surface area (Å²) in [5, 5.41) is 9.72. The molecule has 2 aromatic carbocycles. The van der Waals surface area contributed by atoms with E-state index in [-0.39, 0.29) is 5.78 Å². The van der Waals surface area contributed by atoms with Gasteiger partial charge in [-0.2, -0.15) is 0 Å². The quantitative estimate of drug-likeness (QED) is 0.674. The Morgan fingerprint density at radius 3 is 3.00 bits per heavy atom. The zero-order chi connectivity index (χ0) is 15.5. The van der Waals surface area contributed by atoms with Gasteiger partial charge in [-0.3, -0.25) is 4.79 Å². The Morgan fingerprint density at radius 1 is 1.32 bits per heavy atom. The number of benzene rings is 2. The van der Waals surface area contributed by atoms with Crippen molar-refractivity contribution in [1.29, 1.82) is 0 Å².